The van der Waals surface area contributed by atoms with Crippen LogP contribution in [0, 0.1) is 5.82 Å². The van der Waals surface area contributed by atoms with E-state index in [1.54, 1.807) is 0 Å². The summed E-state index contributed by atoms with van der Waals surface area (Å²) in [5, 5.41) is 0.0435. The maximum absolute atomic E-state index is 13.3. The van der Waals surface area contributed by atoms with Crippen molar-refractivity contribution < 1.29 is 22.3 Å². The molecular weight excluding hydrogens is 357 g/mol. The third kappa shape index (κ3) is 4.70. The standard InChI is InChI=1S/C16H19ClFNO4S/c17-14-10-13(18)6-7-16(14)19(24(21)22)15-5-3-1-2-4-12(15)8-9-23-11-20/h4,6-7,10-11,15,24H,1-3,5,8-9H2. The van der Waals surface area contributed by atoms with E-state index in [1.807, 2.05) is 6.08 Å². The van der Waals surface area contributed by atoms with Gasteiger partial charge >= 0.3 is 0 Å². The number of carbonyl (C=O) groups is 1. The van der Waals surface area contributed by atoms with Gasteiger partial charge in [-0.25, -0.2) is 12.8 Å². The summed E-state index contributed by atoms with van der Waals surface area (Å²) < 4.78 is 43.1. The Morgan fingerprint density at radius 3 is 2.83 bits per heavy atom. The number of hydrogen-bond acceptors (Lipinski definition) is 4. The highest BCUT2D eigenvalue weighted by Crippen LogP contribution is 2.34. The van der Waals surface area contributed by atoms with Gasteiger partial charge in [0, 0.05) is 6.42 Å². The molecule has 2 rings (SSSR count). The average molecular weight is 376 g/mol. The summed E-state index contributed by atoms with van der Waals surface area (Å²) in [6, 6.07) is 3.24. The van der Waals surface area contributed by atoms with Gasteiger partial charge in [0.05, 0.1) is 23.4 Å². The van der Waals surface area contributed by atoms with Crippen molar-refractivity contribution in [3.63, 3.8) is 0 Å². The summed E-state index contributed by atoms with van der Waals surface area (Å²) in [5.41, 5.74) is 1.14. The molecule has 1 aromatic carbocycles. The van der Waals surface area contributed by atoms with Crippen molar-refractivity contribution in [2.75, 3.05) is 10.9 Å². The van der Waals surface area contributed by atoms with Crippen molar-refractivity contribution in [1.82, 2.24) is 0 Å². The van der Waals surface area contributed by atoms with E-state index in [2.05, 4.69) is 0 Å². The largest absolute Gasteiger partial charge is 0.468 e. The molecule has 0 saturated heterocycles. The fraction of sp³-hybridized carbons (Fsp3) is 0.438. The summed E-state index contributed by atoms with van der Waals surface area (Å²) in [6.07, 6.45) is 5.72. The van der Waals surface area contributed by atoms with Crippen LogP contribution in [0.25, 0.3) is 0 Å². The lowest BCUT2D eigenvalue weighted by Gasteiger charge is -2.30. The van der Waals surface area contributed by atoms with Crippen LogP contribution in [0.1, 0.15) is 32.1 Å². The van der Waals surface area contributed by atoms with E-state index in [-0.39, 0.29) is 17.3 Å². The molecule has 0 bridgehead atoms. The van der Waals surface area contributed by atoms with Crippen molar-refractivity contribution in [2.45, 2.75) is 38.1 Å². The molecule has 0 aromatic heterocycles. The van der Waals surface area contributed by atoms with Gasteiger partial charge in [0.2, 0.25) is 10.9 Å². The van der Waals surface area contributed by atoms with E-state index in [9.17, 15) is 17.6 Å². The van der Waals surface area contributed by atoms with Crippen molar-refractivity contribution in [3.8, 4) is 0 Å². The van der Waals surface area contributed by atoms with Gasteiger partial charge in [0.25, 0.3) is 6.47 Å². The normalized spacial score (nSPS) is 18.0. The number of nitrogens with zero attached hydrogens (tertiary/aromatic N) is 1. The van der Waals surface area contributed by atoms with Gasteiger partial charge in [-0.05, 0) is 43.0 Å². The molecule has 0 N–H and O–H groups in total. The Morgan fingerprint density at radius 2 is 2.17 bits per heavy atom. The Balaban J connectivity index is 2.37. The number of allylic oxidation sites excluding steroid dienone is 1. The van der Waals surface area contributed by atoms with Crippen LogP contribution in [0.4, 0.5) is 10.1 Å². The maximum atomic E-state index is 13.3. The second kappa shape index (κ2) is 9.03. The van der Waals surface area contributed by atoms with E-state index in [4.69, 9.17) is 16.3 Å². The van der Waals surface area contributed by atoms with Crippen LogP contribution in [-0.2, 0) is 20.4 Å². The smallest absolute Gasteiger partial charge is 0.293 e. The number of hydrogen-bond donors (Lipinski definition) is 1. The Hall–Kier alpha value is -1.60. The number of benzene rings is 1. The van der Waals surface area contributed by atoms with Crippen molar-refractivity contribution >= 4 is 34.7 Å². The van der Waals surface area contributed by atoms with Crippen molar-refractivity contribution in [1.29, 1.82) is 0 Å². The number of thiol groups is 1. The van der Waals surface area contributed by atoms with E-state index < -0.39 is 22.7 Å². The van der Waals surface area contributed by atoms with Gasteiger partial charge in [-0.1, -0.05) is 24.1 Å². The van der Waals surface area contributed by atoms with Crippen molar-refractivity contribution in [3.05, 3.63) is 40.7 Å². The van der Waals surface area contributed by atoms with Crippen LogP contribution < -0.4 is 4.31 Å². The molecule has 5 nitrogen and oxygen atoms in total. The predicted molar refractivity (Wildman–Crippen MR) is 91.2 cm³/mol. The van der Waals surface area contributed by atoms with Crippen LogP contribution in [0.15, 0.2) is 29.8 Å². The third-order valence-corrected chi connectivity index (χ3v) is 5.12. The molecule has 0 radical (unpaired) electrons. The molecule has 0 spiro atoms. The second-order valence-electron chi connectivity index (χ2n) is 5.47. The summed E-state index contributed by atoms with van der Waals surface area (Å²) in [6.45, 7) is 0.557. The molecule has 24 heavy (non-hydrogen) atoms. The minimum absolute atomic E-state index is 0.0435. The monoisotopic (exact) mass is 375 g/mol. The number of anilines is 1. The molecular formula is C16H19ClFNO4S. The lowest BCUT2D eigenvalue weighted by Crippen LogP contribution is -2.36. The molecule has 0 fully saturated rings. The fourth-order valence-corrected chi connectivity index (χ4v) is 4.06. The zero-order chi connectivity index (χ0) is 17.5. The second-order valence-corrected chi connectivity index (χ2v) is 6.79. The summed E-state index contributed by atoms with van der Waals surface area (Å²) in [7, 11) is -2.97. The molecule has 8 heteroatoms. The Labute approximate surface area is 147 Å². The van der Waals surface area contributed by atoms with Crippen LogP contribution in [0.2, 0.25) is 5.02 Å². The lowest BCUT2D eigenvalue weighted by molar-refractivity contribution is -0.128. The Kier molecular flexibility index (Phi) is 7.05. The van der Waals surface area contributed by atoms with Gasteiger partial charge in [0.1, 0.15) is 5.82 Å². The summed E-state index contributed by atoms with van der Waals surface area (Å²) >= 11 is 6.06. The SMILES string of the molecule is O=COCCC1=CCCCCC1N(c1ccc(F)cc1Cl)[SH](=O)=O. The van der Waals surface area contributed by atoms with E-state index >= 15 is 0 Å². The molecule has 132 valence electrons. The average Bonchev–Trinajstić information content (AvgIpc) is 2.76. The maximum Gasteiger partial charge on any atom is 0.293 e. The first kappa shape index (κ1) is 18.7. The highest BCUT2D eigenvalue weighted by atomic mass is 35.5. The quantitative estimate of drug-likeness (QED) is 0.344. The van der Waals surface area contributed by atoms with E-state index in [0.29, 0.717) is 19.3 Å². The third-order valence-electron chi connectivity index (χ3n) is 3.97. The summed E-state index contributed by atoms with van der Waals surface area (Å²) in [5.74, 6) is -0.527. The molecule has 0 aliphatic heterocycles. The number of rotatable bonds is 7. The molecule has 0 heterocycles. The molecule has 1 unspecified atom stereocenters. The number of carbonyl (C=O) groups excluding carboxylic acids is 1. The van der Waals surface area contributed by atoms with Gasteiger partial charge in [0.15, 0.2) is 0 Å². The lowest BCUT2D eigenvalue weighted by atomic mass is 10.0. The highest BCUT2D eigenvalue weighted by molar-refractivity contribution is 7.74. The van der Waals surface area contributed by atoms with E-state index in [1.165, 1.54) is 16.4 Å². The van der Waals surface area contributed by atoms with Crippen molar-refractivity contribution in [2.24, 2.45) is 0 Å². The van der Waals surface area contributed by atoms with Crippen LogP contribution in [0.3, 0.4) is 0 Å². The Bertz CT molecular complexity index is 685. The zero-order valence-electron chi connectivity index (χ0n) is 13.0. The first-order valence-electron chi connectivity index (χ1n) is 7.67. The minimum atomic E-state index is -2.97. The van der Waals surface area contributed by atoms with Gasteiger partial charge in [-0.15, -0.1) is 0 Å². The number of ether oxygens (including phenoxy) is 1. The topological polar surface area (TPSA) is 63.7 Å². The van der Waals surface area contributed by atoms with Crippen LogP contribution in [0.5, 0.6) is 0 Å². The van der Waals surface area contributed by atoms with Gasteiger partial charge in [-0.2, -0.15) is 0 Å². The first-order valence-corrected chi connectivity index (χ1v) is 9.18. The first-order chi connectivity index (χ1) is 11.5. The summed E-state index contributed by atoms with van der Waals surface area (Å²) in [4.78, 5) is 10.3. The van der Waals surface area contributed by atoms with Gasteiger partial charge in [-0.3, -0.25) is 9.10 Å². The van der Waals surface area contributed by atoms with E-state index in [0.717, 1.165) is 30.9 Å². The molecule has 0 amide bonds. The zero-order valence-corrected chi connectivity index (χ0v) is 14.6. The number of halogens is 2. The predicted octanol–water partition coefficient (Wildman–Crippen LogP) is 3.24. The fourth-order valence-electron chi connectivity index (χ4n) is 2.90. The van der Waals surface area contributed by atoms with Gasteiger partial charge < -0.3 is 4.74 Å². The molecule has 1 aliphatic carbocycles. The van der Waals surface area contributed by atoms with Crippen LogP contribution >= 0.6 is 11.6 Å². The molecule has 1 aromatic rings. The molecule has 1 aliphatic rings. The molecule has 1 atom stereocenters. The Morgan fingerprint density at radius 1 is 1.38 bits per heavy atom. The molecule has 0 saturated carbocycles. The highest BCUT2D eigenvalue weighted by Gasteiger charge is 2.27. The van der Waals surface area contributed by atoms with Crippen LogP contribution in [-0.4, -0.2) is 27.5 Å². The minimum Gasteiger partial charge on any atom is -0.468 e.